The fourth-order valence-corrected chi connectivity index (χ4v) is 2.20. The van der Waals surface area contributed by atoms with Gasteiger partial charge in [0.25, 0.3) is 0 Å². The van der Waals surface area contributed by atoms with Crippen LogP contribution in [0.1, 0.15) is 19.3 Å². The lowest BCUT2D eigenvalue weighted by Crippen LogP contribution is -2.38. The third kappa shape index (κ3) is 4.60. The Morgan fingerprint density at radius 3 is 2.35 bits per heavy atom. The molecule has 1 heterocycles. The first-order chi connectivity index (χ1) is 9.44. The van der Waals surface area contributed by atoms with Gasteiger partial charge in [-0.05, 0) is 52.8 Å². The van der Waals surface area contributed by atoms with Crippen molar-refractivity contribution in [1.82, 2.24) is 4.90 Å². The number of halogens is 2. The van der Waals surface area contributed by atoms with Gasteiger partial charge in [-0.3, -0.25) is 0 Å². The summed E-state index contributed by atoms with van der Waals surface area (Å²) >= 11 is 0. The molecule has 1 aliphatic heterocycles. The van der Waals surface area contributed by atoms with Gasteiger partial charge in [0.05, 0.1) is 0 Å². The highest BCUT2D eigenvalue weighted by molar-refractivity contribution is 7.17. The molecule has 2 rings (SSSR count). The highest BCUT2D eigenvalue weighted by atomic mass is 31.0. The fraction of sp³-hybridized carbons (Fsp3) is 0.462. The zero-order chi connectivity index (χ0) is 14.6. The number of likely N-dealkylation sites (tertiary alicyclic amines) is 1. The maximum absolute atomic E-state index is 12.6. The Balaban J connectivity index is 1.91. The third-order valence-electron chi connectivity index (χ3n) is 3.00. The molecule has 0 spiro atoms. The molecule has 1 N–H and O–H groups in total. The molecule has 1 saturated heterocycles. The number of piperidine rings is 1. The van der Waals surface area contributed by atoms with Crippen LogP contribution in [0.2, 0.25) is 0 Å². The minimum absolute atomic E-state index is 0.0426. The van der Waals surface area contributed by atoms with Crippen LogP contribution in [0.3, 0.4) is 0 Å². The summed E-state index contributed by atoms with van der Waals surface area (Å²) in [7, 11) is 1.31. The smallest absolute Gasteiger partial charge is 0.408 e. The number of rotatable bonds is 3. The molecule has 1 fully saturated rings. The second-order valence-corrected chi connectivity index (χ2v) is 5.34. The van der Waals surface area contributed by atoms with Crippen molar-refractivity contribution in [2.24, 2.45) is 0 Å². The van der Waals surface area contributed by atoms with Crippen molar-refractivity contribution < 1.29 is 18.3 Å². The van der Waals surface area contributed by atoms with Gasteiger partial charge in [-0.25, -0.2) is 4.79 Å². The molecule has 0 radical (unpaired) electrons. The molecule has 1 aliphatic rings. The monoisotopic (exact) mass is 302 g/mol. The topological polar surface area (TPSA) is 41.6 Å². The molecule has 4 nitrogen and oxygen atoms in total. The van der Waals surface area contributed by atoms with E-state index >= 15 is 0 Å². The van der Waals surface area contributed by atoms with Crippen molar-refractivity contribution in [3.63, 3.8) is 0 Å². The Morgan fingerprint density at radius 1 is 1.20 bits per heavy atom. The molecule has 110 valence electrons. The molecule has 1 unspecified atom stereocenters. The van der Waals surface area contributed by atoms with Gasteiger partial charge >= 0.3 is 11.9 Å². The van der Waals surface area contributed by atoms with Gasteiger partial charge in [-0.2, -0.15) is 8.78 Å². The summed E-state index contributed by atoms with van der Waals surface area (Å²) in [6.07, 6.45) is 3.19. The number of hydrogen-bond acceptors (Lipinski definition) is 2. The van der Waals surface area contributed by atoms with E-state index in [0.717, 1.165) is 32.4 Å². The van der Waals surface area contributed by atoms with Gasteiger partial charge in [0.2, 0.25) is 0 Å². The van der Waals surface area contributed by atoms with Crippen molar-refractivity contribution in [2.75, 3.05) is 18.4 Å². The van der Waals surface area contributed by atoms with Crippen LogP contribution in [0.5, 0.6) is 5.75 Å². The van der Waals surface area contributed by atoms with E-state index in [9.17, 15) is 13.6 Å². The van der Waals surface area contributed by atoms with Gasteiger partial charge < -0.3 is 15.0 Å². The van der Waals surface area contributed by atoms with Crippen LogP contribution in [0, 0.1) is 0 Å². The van der Waals surface area contributed by atoms with Crippen molar-refractivity contribution in [3.8, 4) is 5.75 Å². The Bertz CT molecular complexity index is 456. The molecule has 1 atom stereocenters. The molecule has 0 saturated carbocycles. The molecule has 0 aliphatic carbocycles. The predicted molar refractivity (Wildman–Crippen MR) is 76.2 cm³/mol. The van der Waals surface area contributed by atoms with Gasteiger partial charge in [0, 0.05) is 18.8 Å². The molecule has 1 aromatic rings. The van der Waals surface area contributed by atoms with E-state index < -0.39 is 5.85 Å². The maximum atomic E-state index is 12.6. The summed E-state index contributed by atoms with van der Waals surface area (Å²) in [5.41, 5.74) is 0.556. The standard InChI is InChI=1S/C13H17F2N2O2P/c14-13(15,20)19-11-6-4-10(5-7-11)16-12(18)17-8-2-1-3-9-17/h4-7H,1-3,8-9,20H2,(H,16,18). The number of amides is 2. The number of alkyl halides is 2. The number of carbonyl (C=O) groups is 1. The first-order valence-corrected chi connectivity index (χ1v) is 7.03. The average Bonchev–Trinajstić information content (AvgIpc) is 2.40. The lowest BCUT2D eigenvalue weighted by Gasteiger charge is -2.26. The number of nitrogens with zero attached hydrogens (tertiary/aromatic N) is 1. The van der Waals surface area contributed by atoms with Gasteiger partial charge in [-0.15, -0.1) is 0 Å². The first kappa shape index (κ1) is 15.0. The van der Waals surface area contributed by atoms with Crippen LogP contribution in [0.15, 0.2) is 24.3 Å². The first-order valence-electron chi connectivity index (χ1n) is 6.46. The van der Waals surface area contributed by atoms with Gasteiger partial charge in [0.15, 0.2) is 0 Å². The SMILES string of the molecule is O=C(Nc1ccc(OC(F)(F)P)cc1)N1CCCCC1. The number of nitrogens with one attached hydrogen (secondary N) is 1. The van der Waals surface area contributed by atoms with Crippen LogP contribution >= 0.6 is 9.24 Å². The molecular weight excluding hydrogens is 285 g/mol. The number of benzene rings is 1. The normalized spacial score (nSPS) is 15.8. The molecule has 0 aromatic heterocycles. The van der Waals surface area contributed by atoms with Crippen LogP contribution in [0.25, 0.3) is 0 Å². The molecule has 0 bridgehead atoms. The zero-order valence-electron chi connectivity index (χ0n) is 10.9. The molecular formula is C13H17F2N2O2P. The van der Waals surface area contributed by atoms with E-state index in [4.69, 9.17) is 0 Å². The molecule has 7 heteroatoms. The van der Waals surface area contributed by atoms with Crippen LogP contribution < -0.4 is 10.1 Å². The number of hydrogen-bond donors (Lipinski definition) is 1. The van der Waals surface area contributed by atoms with E-state index in [1.807, 2.05) is 0 Å². The minimum atomic E-state index is -3.29. The van der Waals surface area contributed by atoms with Crippen molar-refractivity contribution in [2.45, 2.75) is 25.1 Å². The number of anilines is 1. The van der Waals surface area contributed by atoms with Crippen molar-refractivity contribution >= 4 is 21.0 Å². The van der Waals surface area contributed by atoms with Crippen LogP contribution in [0.4, 0.5) is 19.3 Å². The van der Waals surface area contributed by atoms with E-state index in [1.165, 1.54) is 33.5 Å². The Morgan fingerprint density at radius 2 is 1.80 bits per heavy atom. The lowest BCUT2D eigenvalue weighted by molar-refractivity contribution is -0.0892. The largest absolute Gasteiger partial charge is 0.430 e. The number of carbonyl (C=O) groups excluding carboxylic acids is 1. The summed E-state index contributed by atoms with van der Waals surface area (Å²) < 4.78 is 29.6. The van der Waals surface area contributed by atoms with Crippen LogP contribution in [-0.4, -0.2) is 29.9 Å². The number of ether oxygens (including phenoxy) is 1. The Labute approximate surface area is 118 Å². The van der Waals surface area contributed by atoms with E-state index in [-0.39, 0.29) is 11.8 Å². The van der Waals surface area contributed by atoms with E-state index in [0.29, 0.717) is 5.69 Å². The molecule has 20 heavy (non-hydrogen) atoms. The zero-order valence-corrected chi connectivity index (χ0v) is 12.1. The molecule has 2 amide bonds. The van der Waals surface area contributed by atoms with Crippen LogP contribution in [-0.2, 0) is 0 Å². The lowest BCUT2D eigenvalue weighted by atomic mass is 10.1. The number of urea groups is 1. The van der Waals surface area contributed by atoms with Gasteiger partial charge in [-0.1, -0.05) is 0 Å². The summed E-state index contributed by atoms with van der Waals surface area (Å²) in [5, 5.41) is 2.74. The van der Waals surface area contributed by atoms with E-state index in [2.05, 4.69) is 10.1 Å². The quantitative estimate of drug-likeness (QED) is 0.868. The van der Waals surface area contributed by atoms with E-state index in [1.54, 1.807) is 4.90 Å². The second-order valence-electron chi connectivity index (χ2n) is 4.67. The van der Waals surface area contributed by atoms with Crippen molar-refractivity contribution in [3.05, 3.63) is 24.3 Å². The Kier molecular flexibility index (Phi) is 4.76. The highest BCUT2D eigenvalue weighted by Crippen LogP contribution is 2.27. The average molecular weight is 302 g/mol. The summed E-state index contributed by atoms with van der Waals surface area (Å²) in [4.78, 5) is 13.7. The molecule has 1 aromatic carbocycles. The van der Waals surface area contributed by atoms with Gasteiger partial charge in [0.1, 0.15) is 5.75 Å². The minimum Gasteiger partial charge on any atom is -0.430 e. The summed E-state index contributed by atoms with van der Waals surface area (Å²) in [6.45, 7) is 1.51. The third-order valence-corrected chi connectivity index (χ3v) is 3.12. The second kappa shape index (κ2) is 6.35. The fourth-order valence-electron chi connectivity index (χ4n) is 2.06. The summed E-state index contributed by atoms with van der Waals surface area (Å²) in [6, 6.07) is 5.70. The Hall–Kier alpha value is -1.42. The highest BCUT2D eigenvalue weighted by Gasteiger charge is 2.23. The maximum Gasteiger partial charge on any atom is 0.408 e. The van der Waals surface area contributed by atoms with Crippen molar-refractivity contribution in [1.29, 1.82) is 0 Å². The summed E-state index contributed by atoms with van der Waals surface area (Å²) in [5.74, 6) is -3.25. The predicted octanol–water partition coefficient (Wildman–Crippen LogP) is 3.51.